The number of halogens is 1. The Labute approximate surface area is 76.3 Å². The van der Waals surface area contributed by atoms with E-state index in [0.29, 0.717) is 5.30 Å². The third-order valence-corrected chi connectivity index (χ3v) is 2.95. The van der Waals surface area contributed by atoms with Gasteiger partial charge >= 0.3 is 7.60 Å². The highest BCUT2D eigenvalue weighted by Crippen LogP contribution is 2.39. The van der Waals surface area contributed by atoms with Crippen LogP contribution >= 0.6 is 7.60 Å². The largest absolute Gasteiger partial charge is 0.358 e. The van der Waals surface area contributed by atoms with E-state index in [1.807, 2.05) is 0 Å². The van der Waals surface area contributed by atoms with Crippen molar-refractivity contribution in [3.8, 4) is 0 Å². The molecule has 1 rings (SSSR count). The van der Waals surface area contributed by atoms with Gasteiger partial charge in [-0.2, -0.15) is 0 Å². The molecule has 1 aromatic rings. The highest BCUT2D eigenvalue weighted by molar-refractivity contribution is 7.61. The molecule has 0 aliphatic rings. The molecule has 0 aromatic heterocycles. The molecule has 1 atom stereocenters. The third kappa shape index (κ3) is 3.27. The molecule has 0 aliphatic carbocycles. The van der Waals surface area contributed by atoms with Gasteiger partial charge in [-0.3, -0.25) is 9.27 Å². The average Bonchev–Trinajstić information content (AvgIpc) is 2.06. The van der Waals surface area contributed by atoms with Gasteiger partial charge in [0.05, 0.1) is 11.9 Å². The maximum atomic E-state index is 11.3. The standard InChI is InChI=1S/C8H11O3P.FH/c1-2-11-12(9,10)8-6-4-3-5-7-8;/h3-7H,2H2,1H3,(H,9,10);1H. The van der Waals surface area contributed by atoms with Crippen molar-refractivity contribution in [3.05, 3.63) is 30.3 Å². The van der Waals surface area contributed by atoms with Crippen LogP contribution in [0.15, 0.2) is 30.3 Å². The van der Waals surface area contributed by atoms with Crippen molar-refractivity contribution < 1.29 is 18.7 Å². The van der Waals surface area contributed by atoms with Gasteiger partial charge < -0.3 is 9.42 Å². The van der Waals surface area contributed by atoms with Gasteiger partial charge in [0.1, 0.15) is 0 Å². The Kier molecular flexibility index (Phi) is 4.85. The fourth-order valence-corrected chi connectivity index (χ4v) is 1.91. The maximum absolute atomic E-state index is 11.3. The molecule has 1 aromatic carbocycles. The molecule has 5 heteroatoms. The second-order valence-corrected chi connectivity index (χ2v) is 4.09. The Balaban J connectivity index is 0.00000144. The summed E-state index contributed by atoms with van der Waals surface area (Å²) in [4.78, 5) is 9.32. The van der Waals surface area contributed by atoms with Crippen molar-refractivity contribution in [2.24, 2.45) is 0 Å². The summed E-state index contributed by atoms with van der Waals surface area (Å²) in [5.74, 6) is 0. The highest BCUT2D eigenvalue weighted by Gasteiger charge is 2.20. The van der Waals surface area contributed by atoms with Crippen molar-refractivity contribution in [2.75, 3.05) is 6.61 Å². The summed E-state index contributed by atoms with van der Waals surface area (Å²) in [6, 6.07) is 8.36. The van der Waals surface area contributed by atoms with Crippen molar-refractivity contribution in [1.82, 2.24) is 0 Å². The lowest BCUT2D eigenvalue weighted by Crippen LogP contribution is -2.05. The van der Waals surface area contributed by atoms with Gasteiger partial charge in [0.2, 0.25) is 0 Å². The van der Waals surface area contributed by atoms with Crippen LogP contribution in [-0.2, 0) is 9.09 Å². The number of hydrogen-bond donors (Lipinski definition) is 1. The molecule has 0 saturated carbocycles. The molecule has 0 heterocycles. The first-order valence-corrected chi connectivity index (χ1v) is 5.27. The predicted octanol–water partition coefficient (Wildman–Crippen LogP) is 1.69. The first kappa shape index (κ1) is 12.3. The van der Waals surface area contributed by atoms with Crippen LogP contribution in [0.4, 0.5) is 4.70 Å². The Morgan fingerprint density at radius 2 is 1.92 bits per heavy atom. The van der Waals surface area contributed by atoms with Crippen LogP contribution < -0.4 is 5.30 Å². The summed E-state index contributed by atoms with van der Waals surface area (Å²) in [6.07, 6.45) is 0. The van der Waals surface area contributed by atoms with Crippen molar-refractivity contribution >= 4 is 12.9 Å². The van der Waals surface area contributed by atoms with Gasteiger partial charge in [-0.25, -0.2) is 0 Å². The van der Waals surface area contributed by atoms with E-state index in [4.69, 9.17) is 4.52 Å². The molecule has 0 bridgehead atoms. The number of rotatable bonds is 3. The first-order chi connectivity index (χ1) is 5.67. The van der Waals surface area contributed by atoms with Crippen molar-refractivity contribution in [3.63, 3.8) is 0 Å². The van der Waals surface area contributed by atoms with Gasteiger partial charge in [-0.15, -0.1) is 0 Å². The molecule has 13 heavy (non-hydrogen) atoms. The van der Waals surface area contributed by atoms with Crippen molar-refractivity contribution in [1.29, 1.82) is 0 Å². The minimum absolute atomic E-state index is 0. The molecule has 0 spiro atoms. The fourth-order valence-electron chi connectivity index (χ4n) is 0.866. The Bertz CT molecular complexity index is 289. The summed E-state index contributed by atoms with van der Waals surface area (Å²) >= 11 is 0. The molecule has 0 fully saturated rings. The Hall–Kier alpha value is -0.700. The summed E-state index contributed by atoms with van der Waals surface area (Å²) in [7, 11) is -3.54. The van der Waals surface area contributed by atoms with Crippen LogP contribution in [0.2, 0.25) is 0 Å². The zero-order valence-electron chi connectivity index (χ0n) is 7.21. The van der Waals surface area contributed by atoms with Gasteiger partial charge in [0.25, 0.3) is 0 Å². The van der Waals surface area contributed by atoms with E-state index < -0.39 is 7.60 Å². The minimum Gasteiger partial charge on any atom is -0.321 e. The van der Waals surface area contributed by atoms with E-state index in [-0.39, 0.29) is 11.3 Å². The average molecular weight is 206 g/mol. The topological polar surface area (TPSA) is 46.5 Å². The van der Waals surface area contributed by atoms with E-state index >= 15 is 0 Å². The molecule has 3 nitrogen and oxygen atoms in total. The van der Waals surface area contributed by atoms with Crippen molar-refractivity contribution in [2.45, 2.75) is 6.92 Å². The zero-order chi connectivity index (χ0) is 9.03. The van der Waals surface area contributed by atoms with Crippen LogP contribution in [0.3, 0.4) is 0 Å². The summed E-state index contributed by atoms with van der Waals surface area (Å²) < 4.78 is 16.1. The van der Waals surface area contributed by atoms with E-state index in [9.17, 15) is 9.46 Å². The van der Waals surface area contributed by atoms with Gasteiger partial charge in [-0.05, 0) is 19.1 Å². The quantitative estimate of drug-likeness (QED) is 0.765. The molecule has 0 aliphatic heterocycles. The summed E-state index contributed by atoms with van der Waals surface area (Å²) in [6.45, 7) is 1.93. The van der Waals surface area contributed by atoms with E-state index in [1.54, 1.807) is 37.3 Å². The lowest BCUT2D eigenvalue weighted by molar-refractivity contribution is 0.284. The molecular weight excluding hydrogens is 194 g/mol. The maximum Gasteiger partial charge on any atom is 0.358 e. The molecule has 74 valence electrons. The normalized spacial score (nSPS) is 14.3. The SMILES string of the molecule is CCOP(=O)(O)c1ccccc1.F. The van der Waals surface area contributed by atoms with E-state index in [2.05, 4.69) is 0 Å². The Morgan fingerprint density at radius 1 is 1.38 bits per heavy atom. The molecule has 0 saturated heterocycles. The van der Waals surface area contributed by atoms with Crippen LogP contribution in [0.5, 0.6) is 0 Å². The van der Waals surface area contributed by atoms with Gasteiger partial charge in [-0.1, -0.05) is 18.2 Å². The molecule has 0 radical (unpaired) electrons. The van der Waals surface area contributed by atoms with Crippen LogP contribution in [0.25, 0.3) is 0 Å². The highest BCUT2D eigenvalue weighted by atomic mass is 31.2. The van der Waals surface area contributed by atoms with E-state index in [1.165, 1.54) is 0 Å². The van der Waals surface area contributed by atoms with Gasteiger partial charge in [0.15, 0.2) is 0 Å². The van der Waals surface area contributed by atoms with Crippen LogP contribution in [0, 0.1) is 0 Å². The smallest absolute Gasteiger partial charge is 0.321 e. The fraction of sp³-hybridized carbons (Fsp3) is 0.250. The third-order valence-electron chi connectivity index (χ3n) is 1.39. The molecule has 1 unspecified atom stereocenters. The lowest BCUT2D eigenvalue weighted by Gasteiger charge is -2.09. The van der Waals surface area contributed by atoms with Gasteiger partial charge in [0, 0.05) is 0 Å². The monoisotopic (exact) mass is 206 g/mol. The summed E-state index contributed by atoms with van der Waals surface area (Å²) in [5, 5.41) is 0.340. The molecule has 1 N–H and O–H groups in total. The number of hydrogen-bond acceptors (Lipinski definition) is 2. The number of benzene rings is 1. The molecule has 0 amide bonds. The van der Waals surface area contributed by atoms with Crippen LogP contribution in [0.1, 0.15) is 6.92 Å². The van der Waals surface area contributed by atoms with E-state index in [0.717, 1.165) is 0 Å². The summed E-state index contributed by atoms with van der Waals surface area (Å²) in [5.41, 5.74) is 0. The lowest BCUT2D eigenvalue weighted by atomic mass is 10.4. The second-order valence-electron chi connectivity index (χ2n) is 2.27. The minimum atomic E-state index is -3.54. The Morgan fingerprint density at radius 3 is 2.38 bits per heavy atom. The molecular formula is C8H12FO3P. The predicted molar refractivity (Wildman–Crippen MR) is 50.0 cm³/mol. The first-order valence-electron chi connectivity index (χ1n) is 3.70. The second kappa shape index (κ2) is 5.12. The van der Waals surface area contributed by atoms with Crippen LogP contribution in [-0.4, -0.2) is 11.5 Å². The zero-order valence-corrected chi connectivity index (χ0v) is 8.11.